The number of hydrogen-bond donors (Lipinski definition) is 2. The predicted molar refractivity (Wildman–Crippen MR) is 122 cm³/mol. The van der Waals surface area contributed by atoms with E-state index in [1.165, 1.54) is 4.90 Å². The van der Waals surface area contributed by atoms with Crippen LogP contribution in [0.5, 0.6) is 0 Å². The highest BCUT2D eigenvalue weighted by atomic mass is 127. The number of allylic oxidation sites excluding steroid dienone is 2. The normalized spacial score (nSPS) is 28.8. The highest BCUT2D eigenvalue weighted by Crippen LogP contribution is 2.52. The molecule has 3 rings (SSSR count). The lowest BCUT2D eigenvalue weighted by Crippen LogP contribution is -2.51. The zero-order valence-electron chi connectivity index (χ0n) is 17.6. The number of likely N-dealkylation sites (N-methyl/N-ethyl adjacent to an activating group) is 1. The molecule has 0 aromatic carbocycles. The Morgan fingerprint density at radius 2 is 1.75 bits per heavy atom. The largest absolute Gasteiger partial charge is 0.356 e. The molecule has 2 N–H and O–H groups in total. The molecule has 8 heteroatoms. The quantitative estimate of drug-likeness (QED) is 0.137. The average molecular weight is 503 g/mol. The van der Waals surface area contributed by atoms with Crippen molar-refractivity contribution in [3.05, 3.63) is 12.2 Å². The minimum atomic E-state index is -0.0943. The molecular formula is C20H34IN5O2. The average Bonchev–Trinajstić information content (AvgIpc) is 3.29. The number of carbonyl (C=O) groups is 2. The van der Waals surface area contributed by atoms with Gasteiger partial charge in [-0.1, -0.05) is 12.2 Å². The second kappa shape index (κ2) is 9.11. The van der Waals surface area contributed by atoms with Crippen LogP contribution in [0.1, 0.15) is 26.7 Å². The van der Waals surface area contributed by atoms with Crippen LogP contribution in [0, 0.1) is 23.7 Å². The molecule has 2 amide bonds. The maximum atomic E-state index is 12.7. The summed E-state index contributed by atoms with van der Waals surface area (Å²) in [7, 11) is 5.85. The van der Waals surface area contributed by atoms with Gasteiger partial charge in [0.15, 0.2) is 5.96 Å². The third kappa shape index (κ3) is 4.37. The van der Waals surface area contributed by atoms with Gasteiger partial charge >= 0.3 is 0 Å². The topological polar surface area (TPSA) is 77.0 Å². The molecule has 1 heterocycles. The highest BCUT2D eigenvalue weighted by Gasteiger charge is 2.58. The Bertz CT molecular complexity index is 631. The maximum absolute atomic E-state index is 12.7. The van der Waals surface area contributed by atoms with E-state index in [0.29, 0.717) is 13.1 Å². The zero-order chi connectivity index (χ0) is 19.8. The van der Waals surface area contributed by atoms with E-state index in [2.05, 4.69) is 60.6 Å². The van der Waals surface area contributed by atoms with Crippen molar-refractivity contribution in [1.82, 2.24) is 20.4 Å². The van der Waals surface area contributed by atoms with Crippen molar-refractivity contribution in [2.75, 3.05) is 40.8 Å². The van der Waals surface area contributed by atoms with Crippen molar-refractivity contribution in [3.8, 4) is 0 Å². The van der Waals surface area contributed by atoms with E-state index in [0.717, 1.165) is 25.3 Å². The molecule has 1 saturated heterocycles. The first-order valence-corrected chi connectivity index (χ1v) is 9.92. The van der Waals surface area contributed by atoms with E-state index in [-0.39, 0.29) is 65.0 Å². The van der Waals surface area contributed by atoms with Gasteiger partial charge < -0.3 is 15.5 Å². The summed E-state index contributed by atoms with van der Waals surface area (Å²) in [6.45, 7) is 6.24. The summed E-state index contributed by atoms with van der Waals surface area (Å²) in [4.78, 5) is 33.2. The van der Waals surface area contributed by atoms with Gasteiger partial charge in [-0.3, -0.25) is 19.5 Å². The van der Waals surface area contributed by atoms with Gasteiger partial charge in [0.1, 0.15) is 0 Å². The minimum Gasteiger partial charge on any atom is -0.356 e. The standard InChI is InChI=1S/C20H33N5O2.HI/c1-20(2,24(4)5)12-23-19(21-3)22-9-6-10-25-17(26)15-13-7-8-14(11-13)16(15)18(25)27;/h7-8,13-16H,6,9-12H2,1-5H3,(H2,21,22,23);1H. The Balaban J connectivity index is 0.00000280. The highest BCUT2D eigenvalue weighted by molar-refractivity contribution is 14.0. The summed E-state index contributed by atoms with van der Waals surface area (Å²) in [6, 6.07) is 0. The fourth-order valence-electron chi connectivity index (χ4n) is 4.31. The Hall–Kier alpha value is -1.16. The lowest BCUT2D eigenvalue weighted by atomic mass is 9.85. The van der Waals surface area contributed by atoms with Crippen LogP contribution >= 0.6 is 24.0 Å². The van der Waals surface area contributed by atoms with Crippen molar-refractivity contribution < 1.29 is 9.59 Å². The fraction of sp³-hybridized carbons (Fsp3) is 0.750. The van der Waals surface area contributed by atoms with Crippen LogP contribution < -0.4 is 10.6 Å². The predicted octanol–water partition coefficient (Wildman–Crippen LogP) is 1.31. The van der Waals surface area contributed by atoms with E-state index >= 15 is 0 Å². The molecule has 2 fully saturated rings. The molecule has 4 unspecified atom stereocenters. The Kier molecular flexibility index (Phi) is 7.52. The maximum Gasteiger partial charge on any atom is 0.233 e. The summed E-state index contributed by atoms with van der Waals surface area (Å²) in [5, 5.41) is 6.60. The molecule has 158 valence electrons. The van der Waals surface area contributed by atoms with Crippen molar-refractivity contribution in [3.63, 3.8) is 0 Å². The van der Waals surface area contributed by atoms with Gasteiger partial charge in [0.25, 0.3) is 0 Å². The van der Waals surface area contributed by atoms with Crippen LogP contribution in [-0.2, 0) is 9.59 Å². The molecule has 7 nitrogen and oxygen atoms in total. The van der Waals surface area contributed by atoms with E-state index in [4.69, 9.17) is 0 Å². The molecular weight excluding hydrogens is 469 g/mol. The van der Waals surface area contributed by atoms with E-state index in [1.54, 1.807) is 7.05 Å². The second-order valence-corrected chi connectivity index (χ2v) is 8.74. The molecule has 2 aliphatic carbocycles. The van der Waals surface area contributed by atoms with Crippen molar-refractivity contribution in [2.24, 2.45) is 28.7 Å². The number of likely N-dealkylation sites (tertiary alicyclic amines) is 1. The van der Waals surface area contributed by atoms with Crippen LogP contribution in [0.2, 0.25) is 0 Å². The Labute approximate surface area is 185 Å². The summed E-state index contributed by atoms with van der Waals surface area (Å²) < 4.78 is 0. The molecule has 3 aliphatic rings. The van der Waals surface area contributed by atoms with Crippen LogP contribution in [-0.4, -0.2) is 73.9 Å². The fourth-order valence-corrected chi connectivity index (χ4v) is 4.31. The van der Waals surface area contributed by atoms with Crippen LogP contribution in [0.25, 0.3) is 0 Å². The van der Waals surface area contributed by atoms with Crippen LogP contribution in [0.15, 0.2) is 17.1 Å². The van der Waals surface area contributed by atoms with E-state index in [9.17, 15) is 9.59 Å². The summed E-state index contributed by atoms with van der Waals surface area (Å²) >= 11 is 0. The van der Waals surface area contributed by atoms with Crippen molar-refractivity contribution in [2.45, 2.75) is 32.2 Å². The molecule has 0 spiro atoms. The number of nitrogens with zero attached hydrogens (tertiary/aromatic N) is 3. The number of fused-ring (bicyclic) bond motifs is 5. The van der Waals surface area contributed by atoms with Gasteiger partial charge in [-0.15, -0.1) is 24.0 Å². The number of hydrogen-bond acceptors (Lipinski definition) is 4. The summed E-state index contributed by atoms with van der Waals surface area (Å²) in [6.07, 6.45) is 5.96. The van der Waals surface area contributed by atoms with E-state index in [1.807, 2.05) is 0 Å². The third-order valence-electron chi connectivity index (χ3n) is 6.54. The lowest BCUT2D eigenvalue weighted by molar-refractivity contribution is -0.140. The molecule has 1 saturated carbocycles. The number of guanidine groups is 1. The van der Waals surface area contributed by atoms with Gasteiger partial charge in [-0.2, -0.15) is 0 Å². The smallest absolute Gasteiger partial charge is 0.233 e. The number of halogens is 1. The minimum absolute atomic E-state index is 0. The lowest BCUT2D eigenvalue weighted by Gasteiger charge is -2.33. The molecule has 0 aromatic rings. The number of amides is 2. The third-order valence-corrected chi connectivity index (χ3v) is 6.54. The van der Waals surface area contributed by atoms with Crippen LogP contribution in [0.3, 0.4) is 0 Å². The number of aliphatic imine (C=N–C) groups is 1. The first-order chi connectivity index (χ1) is 12.8. The molecule has 4 atom stereocenters. The van der Waals surface area contributed by atoms with Crippen molar-refractivity contribution >= 4 is 41.8 Å². The molecule has 28 heavy (non-hydrogen) atoms. The Morgan fingerprint density at radius 3 is 2.25 bits per heavy atom. The first kappa shape index (κ1) is 23.1. The number of imide groups is 1. The molecule has 0 radical (unpaired) electrons. The summed E-state index contributed by atoms with van der Waals surface area (Å²) in [5.41, 5.74) is 0.0111. The van der Waals surface area contributed by atoms with Gasteiger partial charge in [-0.05, 0) is 52.6 Å². The Morgan fingerprint density at radius 1 is 1.18 bits per heavy atom. The van der Waals surface area contributed by atoms with Gasteiger partial charge in [0.05, 0.1) is 11.8 Å². The van der Waals surface area contributed by atoms with Crippen molar-refractivity contribution in [1.29, 1.82) is 0 Å². The number of nitrogens with one attached hydrogen (secondary N) is 2. The first-order valence-electron chi connectivity index (χ1n) is 9.92. The van der Waals surface area contributed by atoms with Crippen LogP contribution in [0.4, 0.5) is 0 Å². The SMILES string of the molecule is CN=C(NCCCN1C(=O)C2C3C=CC(C3)C2C1=O)NCC(C)(C)N(C)C.I. The molecule has 0 aromatic heterocycles. The molecule has 2 bridgehead atoms. The number of rotatable bonds is 7. The second-order valence-electron chi connectivity index (χ2n) is 8.74. The number of carbonyl (C=O) groups excluding carboxylic acids is 2. The van der Waals surface area contributed by atoms with Gasteiger partial charge in [0.2, 0.25) is 11.8 Å². The van der Waals surface area contributed by atoms with Gasteiger partial charge in [0, 0.05) is 32.2 Å². The monoisotopic (exact) mass is 503 g/mol. The van der Waals surface area contributed by atoms with E-state index < -0.39 is 0 Å². The zero-order valence-corrected chi connectivity index (χ0v) is 19.9. The van der Waals surface area contributed by atoms with Gasteiger partial charge in [-0.25, -0.2) is 0 Å². The molecule has 1 aliphatic heterocycles. The summed E-state index contributed by atoms with van der Waals surface area (Å²) in [5.74, 6) is 1.19.